The predicted molar refractivity (Wildman–Crippen MR) is 86.7 cm³/mol. The van der Waals surface area contributed by atoms with Crippen LogP contribution in [0.4, 0.5) is 0 Å². The Labute approximate surface area is 127 Å². The van der Waals surface area contributed by atoms with Crippen LogP contribution < -0.4 is 4.74 Å². The molecule has 0 aliphatic heterocycles. The van der Waals surface area contributed by atoms with Gasteiger partial charge < -0.3 is 9.84 Å². The summed E-state index contributed by atoms with van der Waals surface area (Å²) >= 11 is 0. The normalized spacial score (nSPS) is 10.5. The lowest BCUT2D eigenvalue weighted by atomic mass is 10.1. The molecule has 1 N–H and O–H groups in total. The van der Waals surface area contributed by atoms with E-state index in [0.29, 0.717) is 18.1 Å². The highest BCUT2D eigenvalue weighted by molar-refractivity contribution is 5.39. The van der Waals surface area contributed by atoms with Crippen LogP contribution in [0.2, 0.25) is 0 Å². The van der Waals surface area contributed by atoms with Gasteiger partial charge in [0.15, 0.2) is 0 Å². The van der Waals surface area contributed by atoms with Gasteiger partial charge in [-0.05, 0) is 30.0 Å². The summed E-state index contributed by atoms with van der Waals surface area (Å²) in [7, 11) is 0. The van der Waals surface area contributed by atoms with E-state index in [1.54, 1.807) is 6.07 Å². The van der Waals surface area contributed by atoms with Crippen LogP contribution in [0.25, 0.3) is 0 Å². The minimum atomic E-state index is 0.345. The molecule has 112 valence electrons. The third kappa shape index (κ3) is 5.14. The first kappa shape index (κ1) is 15.4. The Morgan fingerprint density at radius 2 is 1.76 bits per heavy atom. The average Bonchev–Trinajstić information content (AvgIpc) is 2.52. The van der Waals surface area contributed by atoms with Crippen LogP contribution in [0.3, 0.4) is 0 Å². The number of aromatic hydroxyl groups is 1. The van der Waals surface area contributed by atoms with Crippen molar-refractivity contribution in [3.05, 3.63) is 59.7 Å². The molecule has 0 atom stereocenters. The maximum Gasteiger partial charge on any atom is 0.123 e. The summed E-state index contributed by atoms with van der Waals surface area (Å²) in [4.78, 5) is 0. The molecule has 0 saturated carbocycles. The van der Waals surface area contributed by atoms with E-state index in [1.807, 2.05) is 42.5 Å². The summed E-state index contributed by atoms with van der Waals surface area (Å²) in [6.45, 7) is 2.73. The molecule has 0 unspecified atom stereocenters. The zero-order chi connectivity index (χ0) is 14.9. The molecule has 0 aliphatic rings. The van der Waals surface area contributed by atoms with Crippen molar-refractivity contribution in [1.29, 1.82) is 0 Å². The number of hydrogen-bond donors (Lipinski definition) is 1. The van der Waals surface area contributed by atoms with Crippen LogP contribution >= 0.6 is 0 Å². The lowest BCUT2D eigenvalue weighted by molar-refractivity contribution is 0.304. The van der Waals surface area contributed by atoms with Crippen molar-refractivity contribution in [3.8, 4) is 11.5 Å². The van der Waals surface area contributed by atoms with Gasteiger partial charge in [0.2, 0.25) is 0 Å². The largest absolute Gasteiger partial charge is 0.508 e. The number of phenolic OH excluding ortho intramolecular Hbond substituents is 1. The molecule has 0 saturated heterocycles. The highest BCUT2D eigenvalue weighted by Crippen LogP contribution is 2.25. The molecule has 2 aromatic rings. The van der Waals surface area contributed by atoms with Crippen LogP contribution in [0.5, 0.6) is 11.5 Å². The molecule has 2 aromatic carbocycles. The van der Waals surface area contributed by atoms with Gasteiger partial charge in [-0.2, -0.15) is 0 Å². The second kappa shape index (κ2) is 8.35. The molecule has 0 bridgehead atoms. The van der Waals surface area contributed by atoms with Crippen LogP contribution in [0, 0.1) is 0 Å². The molecule has 0 spiro atoms. The number of phenols is 1. The highest BCUT2D eigenvalue weighted by Gasteiger charge is 2.04. The van der Waals surface area contributed by atoms with E-state index >= 15 is 0 Å². The topological polar surface area (TPSA) is 29.5 Å². The molecule has 2 nitrogen and oxygen atoms in total. The van der Waals surface area contributed by atoms with Gasteiger partial charge >= 0.3 is 0 Å². The molecule has 0 fully saturated rings. The highest BCUT2D eigenvalue weighted by atomic mass is 16.5. The quantitative estimate of drug-likeness (QED) is 0.684. The van der Waals surface area contributed by atoms with Crippen LogP contribution in [0.15, 0.2) is 48.5 Å². The minimum absolute atomic E-state index is 0.345. The first-order chi connectivity index (χ1) is 10.3. The third-order valence-corrected chi connectivity index (χ3v) is 3.60. The van der Waals surface area contributed by atoms with Crippen LogP contribution in [-0.4, -0.2) is 5.11 Å². The molecule has 21 heavy (non-hydrogen) atoms. The molecular weight excluding hydrogens is 260 g/mol. The molecule has 0 aromatic heterocycles. The first-order valence-corrected chi connectivity index (χ1v) is 7.78. The number of aryl methyl sites for hydroxylation is 1. The molecule has 2 heteroatoms. The molecule has 0 amide bonds. The summed E-state index contributed by atoms with van der Waals surface area (Å²) in [5, 5.41) is 10.1. The van der Waals surface area contributed by atoms with E-state index in [9.17, 15) is 5.11 Å². The Balaban J connectivity index is 1.86. The Morgan fingerprint density at radius 3 is 2.48 bits per heavy atom. The van der Waals surface area contributed by atoms with Gasteiger partial charge in [0, 0.05) is 6.07 Å². The van der Waals surface area contributed by atoms with Crippen molar-refractivity contribution >= 4 is 0 Å². The number of rotatable bonds is 8. The van der Waals surface area contributed by atoms with Crippen molar-refractivity contribution < 1.29 is 9.84 Å². The van der Waals surface area contributed by atoms with Crippen molar-refractivity contribution in [1.82, 2.24) is 0 Å². The van der Waals surface area contributed by atoms with E-state index in [-0.39, 0.29) is 0 Å². The number of ether oxygens (including phenoxy) is 1. The van der Waals surface area contributed by atoms with E-state index in [2.05, 4.69) is 6.92 Å². The SMILES string of the molecule is CCCCCCc1ccc(OCc2ccccc2)cc1O. The summed E-state index contributed by atoms with van der Waals surface area (Å²) in [5.74, 6) is 1.06. The fraction of sp³-hybridized carbons (Fsp3) is 0.368. The Bertz CT molecular complexity index is 535. The average molecular weight is 284 g/mol. The zero-order valence-electron chi connectivity index (χ0n) is 12.7. The third-order valence-electron chi connectivity index (χ3n) is 3.60. The molecule has 0 heterocycles. The van der Waals surface area contributed by atoms with E-state index in [1.165, 1.54) is 19.3 Å². The summed E-state index contributed by atoms with van der Waals surface area (Å²) in [6.07, 6.45) is 5.79. The fourth-order valence-electron chi connectivity index (χ4n) is 2.33. The fourth-order valence-corrected chi connectivity index (χ4v) is 2.33. The standard InChI is InChI=1S/C19H24O2/c1-2-3-4-8-11-17-12-13-18(14-19(17)20)21-15-16-9-6-5-7-10-16/h5-7,9-10,12-14,20H,2-4,8,11,15H2,1H3. The number of hydrogen-bond acceptors (Lipinski definition) is 2. The monoisotopic (exact) mass is 284 g/mol. The predicted octanol–water partition coefficient (Wildman–Crippen LogP) is 5.09. The molecule has 2 rings (SSSR count). The van der Waals surface area contributed by atoms with Gasteiger partial charge in [0.05, 0.1) is 0 Å². The van der Waals surface area contributed by atoms with Crippen molar-refractivity contribution in [2.45, 2.75) is 45.6 Å². The van der Waals surface area contributed by atoms with Crippen molar-refractivity contribution in [2.75, 3.05) is 0 Å². The van der Waals surface area contributed by atoms with Crippen LogP contribution in [-0.2, 0) is 13.0 Å². The van der Waals surface area contributed by atoms with E-state index < -0.39 is 0 Å². The summed E-state index contributed by atoms with van der Waals surface area (Å²) in [5.41, 5.74) is 2.14. The van der Waals surface area contributed by atoms with Gasteiger partial charge in [0.25, 0.3) is 0 Å². The minimum Gasteiger partial charge on any atom is -0.508 e. The van der Waals surface area contributed by atoms with E-state index in [4.69, 9.17) is 4.74 Å². The Kier molecular flexibility index (Phi) is 6.14. The first-order valence-electron chi connectivity index (χ1n) is 7.78. The molecule has 0 radical (unpaired) electrons. The van der Waals surface area contributed by atoms with Gasteiger partial charge in [-0.1, -0.05) is 62.6 Å². The van der Waals surface area contributed by atoms with Gasteiger partial charge in [-0.15, -0.1) is 0 Å². The summed E-state index contributed by atoms with van der Waals surface area (Å²) in [6, 6.07) is 15.7. The maximum atomic E-state index is 10.1. The van der Waals surface area contributed by atoms with Crippen molar-refractivity contribution in [2.24, 2.45) is 0 Å². The smallest absolute Gasteiger partial charge is 0.123 e. The van der Waals surface area contributed by atoms with Gasteiger partial charge in [-0.25, -0.2) is 0 Å². The van der Waals surface area contributed by atoms with Crippen LogP contribution in [0.1, 0.15) is 43.7 Å². The van der Waals surface area contributed by atoms with Gasteiger partial charge in [0.1, 0.15) is 18.1 Å². The summed E-state index contributed by atoms with van der Waals surface area (Å²) < 4.78 is 5.71. The number of benzene rings is 2. The Hall–Kier alpha value is -1.96. The number of unbranched alkanes of at least 4 members (excludes halogenated alkanes) is 3. The molecule has 0 aliphatic carbocycles. The molecular formula is C19H24O2. The maximum absolute atomic E-state index is 10.1. The Morgan fingerprint density at radius 1 is 0.952 bits per heavy atom. The van der Waals surface area contributed by atoms with Crippen molar-refractivity contribution in [3.63, 3.8) is 0 Å². The zero-order valence-corrected chi connectivity index (χ0v) is 12.7. The lowest BCUT2D eigenvalue weighted by Gasteiger charge is -2.09. The van der Waals surface area contributed by atoms with Gasteiger partial charge in [-0.3, -0.25) is 0 Å². The van der Waals surface area contributed by atoms with E-state index in [0.717, 1.165) is 24.0 Å². The lowest BCUT2D eigenvalue weighted by Crippen LogP contribution is -1.95. The second-order valence-corrected chi connectivity index (χ2v) is 5.38. The second-order valence-electron chi connectivity index (χ2n) is 5.38.